The lowest BCUT2D eigenvalue weighted by molar-refractivity contribution is -0.122. The van der Waals surface area contributed by atoms with Crippen molar-refractivity contribution in [3.8, 4) is 0 Å². The minimum Gasteiger partial charge on any atom is -0.387 e. The number of nitrogens with one attached hydrogen (secondary N) is 1. The summed E-state index contributed by atoms with van der Waals surface area (Å²) in [5.41, 5.74) is 0.816. The molecule has 6 nitrogen and oxygen atoms in total. The lowest BCUT2D eigenvalue weighted by Crippen LogP contribution is -2.31. The van der Waals surface area contributed by atoms with Crippen molar-refractivity contribution in [2.24, 2.45) is 0 Å². The van der Waals surface area contributed by atoms with Crippen LogP contribution in [0.2, 0.25) is 0 Å². The predicted molar refractivity (Wildman–Crippen MR) is 62.3 cm³/mol. The van der Waals surface area contributed by atoms with Gasteiger partial charge in [0.05, 0.1) is 12.3 Å². The Balaban J connectivity index is 1.76. The van der Waals surface area contributed by atoms with Crippen molar-refractivity contribution in [3.05, 3.63) is 34.8 Å². The molecule has 2 aromatic rings. The largest absolute Gasteiger partial charge is 0.387 e. The number of rotatable bonds is 5. The first-order valence-electron chi connectivity index (χ1n) is 5.06. The quantitative estimate of drug-likeness (QED) is 0.796. The molecule has 0 aliphatic carbocycles. The highest BCUT2D eigenvalue weighted by Crippen LogP contribution is 2.14. The number of carbonyl (C=O) groups is 1. The normalized spacial score (nSPS) is 12.3. The zero-order chi connectivity index (χ0) is 12.1. The standard InChI is InChI=1S/C10H12N4O2S/c15-9(8-1-4-17-7-8)5-11-10(16)6-14-3-2-12-13-14/h1-4,7,9,15H,5-6H2,(H,11,16). The molecule has 1 atom stereocenters. The number of hydrogen-bond acceptors (Lipinski definition) is 5. The summed E-state index contributed by atoms with van der Waals surface area (Å²) in [7, 11) is 0. The van der Waals surface area contributed by atoms with E-state index in [1.807, 2.05) is 16.8 Å². The number of hydrogen-bond donors (Lipinski definition) is 2. The van der Waals surface area contributed by atoms with E-state index in [1.54, 1.807) is 6.20 Å². The Hall–Kier alpha value is -1.73. The van der Waals surface area contributed by atoms with Crippen molar-refractivity contribution in [2.75, 3.05) is 6.54 Å². The Morgan fingerprint density at radius 1 is 1.65 bits per heavy atom. The monoisotopic (exact) mass is 252 g/mol. The third-order valence-corrected chi connectivity index (χ3v) is 2.90. The molecule has 0 aliphatic rings. The van der Waals surface area contributed by atoms with Crippen LogP contribution in [0.25, 0.3) is 0 Å². The van der Waals surface area contributed by atoms with Crippen LogP contribution in [-0.2, 0) is 11.3 Å². The van der Waals surface area contributed by atoms with E-state index in [0.717, 1.165) is 5.56 Å². The van der Waals surface area contributed by atoms with Gasteiger partial charge in [-0.2, -0.15) is 11.3 Å². The van der Waals surface area contributed by atoms with E-state index in [9.17, 15) is 9.90 Å². The summed E-state index contributed by atoms with van der Waals surface area (Å²) >= 11 is 1.51. The first kappa shape index (κ1) is 11.7. The first-order valence-corrected chi connectivity index (χ1v) is 6.01. The van der Waals surface area contributed by atoms with Crippen molar-refractivity contribution in [1.29, 1.82) is 0 Å². The van der Waals surface area contributed by atoms with Crippen LogP contribution >= 0.6 is 11.3 Å². The average molecular weight is 252 g/mol. The molecule has 0 fully saturated rings. The molecule has 0 saturated carbocycles. The molecule has 0 aliphatic heterocycles. The van der Waals surface area contributed by atoms with E-state index in [-0.39, 0.29) is 19.0 Å². The van der Waals surface area contributed by atoms with Crippen LogP contribution in [0.15, 0.2) is 29.2 Å². The number of thiophene rings is 1. The molecule has 0 saturated heterocycles. The molecule has 2 heterocycles. The fraction of sp³-hybridized carbons (Fsp3) is 0.300. The predicted octanol–water partition coefficient (Wildman–Crippen LogP) is 0.189. The van der Waals surface area contributed by atoms with E-state index in [0.29, 0.717) is 0 Å². The van der Waals surface area contributed by atoms with Crippen LogP contribution in [0, 0.1) is 0 Å². The summed E-state index contributed by atoms with van der Waals surface area (Å²) < 4.78 is 1.42. The van der Waals surface area contributed by atoms with Gasteiger partial charge in [0.2, 0.25) is 5.91 Å². The highest BCUT2D eigenvalue weighted by atomic mass is 32.1. The number of amides is 1. The van der Waals surface area contributed by atoms with Crippen LogP contribution in [0.1, 0.15) is 11.7 Å². The minimum absolute atomic E-state index is 0.107. The Morgan fingerprint density at radius 3 is 3.18 bits per heavy atom. The fourth-order valence-electron chi connectivity index (χ4n) is 1.31. The van der Waals surface area contributed by atoms with Crippen LogP contribution < -0.4 is 5.32 Å². The molecule has 2 N–H and O–H groups in total. The highest BCUT2D eigenvalue weighted by molar-refractivity contribution is 7.07. The van der Waals surface area contributed by atoms with Gasteiger partial charge in [-0.05, 0) is 22.4 Å². The number of nitrogens with zero attached hydrogens (tertiary/aromatic N) is 3. The SMILES string of the molecule is O=C(Cn1ccnn1)NCC(O)c1ccsc1. The highest BCUT2D eigenvalue weighted by Gasteiger charge is 2.10. The molecule has 1 amide bonds. The minimum atomic E-state index is -0.666. The van der Waals surface area contributed by atoms with Crippen LogP contribution in [-0.4, -0.2) is 32.6 Å². The van der Waals surface area contributed by atoms with Gasteiger partial charge in [0.25, 0.3) is 0 Å². The number of carbonyl (C=O) groups excluding carboxylic acids is 1. The van der Waals surface area contributed by atoms with Gasteiger partial charge in [-0.15, -0.1) is 5.10 Å². The maximum absolute atomic E-state index is 11.5. The van der Waals surface area contributed by atoms with Crippen molar-refractivity contribution in [3.63, 3.8) is 0 Å². The molecule has 2 aromatic heterocycles. The topological polar surface area (TPSA) is 80.0 Å². The molecular formula is C10H12N4O2S. The van der Waals surface area contributed by atoms with E-state index in [2.05, 4.69) is 15.6 Å². The summed E-state index contributed by atoms with van der Waals surface area (Å²) in [5.74, 6) is -0.204. The third kappa shape index (κ3) is 3.36. The van der Waals surface area contributed by atoms with Gasteiger partial charge in [-0.25, -0.2) is 4.68 Å². The molecule has 0 spiro atoms. The van der Waals surface area contributed by atoms with Crippen molar-refractivity contribution in [1.82, 2.24) is 20.3 Å². The number of aliphatic hydroxyl groups is 1. The molecule has 0 radical (unpaired) electrons. The second kappa shape index (κ2) is 5.55. The smallest absolute Gasteiger partial charge is 0.241 e. The molecular weight excluding hydrogens is 240 g/mol. The van der Waals surface area contributed by atoms with Gasteiger partial charge in [0.1, 0.15) is 6.54 Å². The molecule has 0 aromatic carbocycles. The van der Waals surface area contributed by atoms with E-state index >= 15 is 0 Å². The molecule has 90 valence electrons. The summed E-state index contributed by atoms with van der Waals surface area (Å²) in [5, 5.41) is 23.4. The number of aromatic nitrogens is 3. The zero-order valence-electron chi connectivity index (χ0n) is 8.98. The van der Waals surface area contributed by atoms with Crippen molar-refractivity contribution < 1.29 is 9.90 Å². The lowest BCUT2D eigenvalue weighted by atomic mass is 10.2. The molecule has 7 heteroatoms. The van der Waals surface area contributed by atoms with Gasteiger partial charge in [-0.3, -0.25) is 4.79 Å². The van der Waals surface area contributed by atoms with Gasteiger partial charge >= 0.3 is 0 Å². The molecule has 1 unspecified atom stereocenters. The number of aliphatic hydroxyl groups excluding tert-OH is 1. The summed E-state index contributed by atoms with van der Waals surface area (Å²) in [4.78, 5) is 11.5. The van der Waals surface area contributed by atoms with Gasteiger partial charge in [0, 0.05) is 12.7 Å². The zero-order valence-corrected chi connectivity index (χ0v) is 9.80. The Labute approximate surface area is 102 Å². The maximum Gasteiger partial charge on any atom is 0.241 e. The van der Waals surface area contributed by atoms with E-state index < -0.39 is 6.10 Å². The molecule has 17 heavy (non-hydrogen) atoms. The summed E-state index contributed by atoms with van der Waals surface area (Å²) in [6.07, 6.45) is 2.45. The second-order valence-corrected chi connectivity index (χ2v) is 4.26. The maximum atomic E-state index is 11.5. The lowest BCUT2D eigenvalue weighted by Gasteiger charge is -2.10. The summed E-state index contributed by atoms with van der Waals surface area (Å²) in [6.45, 7) is 0.306. The first-order chi connectivity index (χ1) is 8.25. The molecule has 0 bridgehead atoms. The van der Waals surface area contributed by atoms with Gasteiger partial charge < -0.3 is 10.4 Å². The van der Waals surface area contributed by atoms with Crippen LogP contribution in [0.4, 0.5) is 0 Å². The van der Waals surface area contributed by atoms with Gasteiger partial charge in [0.15, 0.2) is 0 Å². The molecule has 2 rings (SSSR count). The van der Waals surface area contributed by atoms with Crippen molar-refractivity contribution >= 4 is 17.2 Å². The average Bonchev–Trinajstić information content (AvgIpc) is 2.97. The Morgan fingerprint density at radius 2 is 2.53 bits per heavy atom. The van der Waals surface area contributed by atoms with Crippen LogP contribution in [0.5, 0.6) is 0 Å². The van der Waals surface area contributed by atoms with Gasteiger partial charge in [-0.1, -0.05) is 5.21 Å². The van der Waals surface area contributed by atoms with Crippen LogP contribution in [0.3, 0.4) is 0 Å². The Kier molecular flexibility index (Phi) is 3.84. The Bertz CT molecular complexity index is 455. The van der Waals surface area contributed by atoms with E-state index in [4.69, 9.17) is 0 Å². The third-order valence-electron chi connectivity index (χ3n) is 2.20. The second-order valence-electron chi connectivity index (χ2n) is 3.48. The fourth-order valence-corrected chi connectivity index (χ4v) is 2.02. The van der Waals surface area contributed by atoms with E-state index in [1.165, 1.54) is 22.2 Å². The van der Waals surface area contributed by atoms with Crippen molar-refractivity contribution in [2.45, 2.75) is 12.6 Å². The summed E-state index contributed by atoms with van der Waals surface area (Å²) in [6, 6.07) is 1.83.